The van der Waals surface area contributed by atoms with Crippen molar-refractivity contribution in [3.8, 4) is 0 Å². The third-order valence-corrected chi connectivity index (χ3v) is 4.26. The monoisotopic (exact) mass is 254 g/mol. The highest BCUT2D eigenvalue weighted by molar-refractivity contribution is 7.10. The zero-order valence-corrected chi connectivity index (χ0v) is 11.5. The summed E-state index contributed by atoms with van der Waals surface area (Å²) in [6.45, 7) is 9.06. The Bertz CT molecular complexity index is 357. The molecule has 0 bridgehead atoms. The van der Waals surface area contributed by atoms with E-state index < -0.39 is 0 Å². The maximum Gasteiger partial charge on any atom is 0.142 e. The highest BCUT2D eigenvalue weighted by atomic mass is 32.1. The Hall–Kier alpha value is -0.810. The van der Waals surface area contributed by atoms with Crippen molar-refractivity contribution in [2.45, 2.75) is 26.7 Å². The van der Waals surface area contributed by atoms with E-state index in [-0.39, 0.29) is 0 Å². The molecule has 0 aliphatic carbocycles. The first kappa shape index (κ1) is 12.6. The number of rotatable bonds is 5. The predicted octanol–water partition coefficient (Wildman–Crippen LogP) is 2.18. The van der Waals surface area contributed by atoms with Crippen LogP contribution in [0.1, 0.15) is 25.3 Å². The second-order valence-electron chi connectivity index (χ2n) is 5.02. The smallest absolute Gasteiger partial charge is 0.142 e. The Morgan fingerprint density at radius 1 is 1.47 bits per heavy atom. The van der Waals surface area contributed by atoms with Crippen molar-refractivity contribution in [2.24, 2.45) is 5.92 Å². The van der Waals surface area contributed by atoms with Crippen LogP contribution in [0.4, 0.5) is 10.8 Å². The van der Waals surface area contributed by atoms with Gasteiger partial charge >= 0.3 is 0 Å². The summed E-state index contributed by atoms with van der Waals surface area (Å²) in [5.41, 5.74) is 6.82. The van der Waals surface area contributed by atoms with E-state index in [2.05, 4.69) is 21.5 Å². The second-order valence-corrected chi connectivity index (χ2v) is 5.79. The van der Waals surface area contributed by atoms with Gasteiger partial charge in [0.25, 0.3) is 0 Å². The van der Waals surface area contributed by atoms with Gasteiger partial charge in [-0.05, 0) is 50.3 Å². The van der Waals surface area contributed by atoms with Gasteiger partial charge in [0.2, 0.25) is 0 Å². The number of nitrogen functional groups attached to an aromatic ring is 1. The van der Waals surface area contributed by atoms with Crippen molar-refractivity contribution in [2.75, 3.05) is 37.2 Å². The molecule has 2 heterocycles. The van der Waals surface area contributed by atoms with Crippen LogP contribution in [0, 0.1) is 12.8 Å². The van der Waals surface area contributed by atoms with Crippen LogP contribution in [-0.2, 0) is 0 Å². The molecular weight excluding hydrogens is 232 g/mol. The molecule has 0 saturated carbocycles. The molecule has 3 N–H and O–H groups in total. The number of likely N-dealkylation sites (tertiary alicyclic amines) is 1. The second kappa shape index (κ2) is 5.69. The summed E-state index contributed by atoms with van der Waals surface area (Å²) in [5.74, 6) is 1.32. The van der Waals surface area contributed by atoms with Crippen molar-refractivity contribution in [1.29, 1.82) is 0 Å². The van der Waals surface area contributed by atoms with E-state index in [1.54, 1.807) is 0 Å². The molecule has 2 rings (SSSR count). The Morgan fingerprint density at radius 2 is 2.18 bits per heavy atom. The molecule has 1 saturated heterocycles. The van der Waals surface area contributed by atoms with Crippen LogP contribution in [0.2, 0.25) is 0 Å². The van der Waals surface area contributed by atoms with E-state index >= 15 is 0 Å². The maximum absolute atomic E-state index is 5.73. The van der Waals surface area contributed by atoms with Gasteiger partial charge in [-0.15, -0.1) is 0 Å². The maximum atomic E-state index is 5.73. The average Bonchev–Trinajstić information content (AvgIpc) is 2.90. The van der Waals surface area contributed by atoms with Crippen molar-refractivity contribution in [3.05, 3.63) is 5.56 Å². The molecule has 0 aromatic carbocycles. The molecule has 96 valence electrons. The molecule has 5 heteroatoms. The van der Waals surface area contributed by atoms with Gasteiger partial charge in [-0.3, -0.25) is 0 Å². The predicted molar refractivity (Wildman–Crippen MR) is 74.6 cm³/mol. The lowest BCUT2D eigenvalue weighted by molar-refractivity contribution is 0.294. The Kier molecular flexibility index (Phi) is 4.23. The largest absolute Gasteiger partial charge is 0.383 e. The zero-order valence-electron chi connectivity index (χ0n) is 10.7. The van der Waals surface area contributed by atoms with E-state index in [4.69, 9.17) is 5.73 Å². The molecule has 17 heavy (non-hydrogen) atoms. The SMILES string of the molecule is Cc1c(N)nsc1NCC(C)CN1CCCC1. The lowest BCUT2D eigenvalue weighted by Gasteiger charge is -2.20. The van der Waals surface area contributed by atoms with Crippen LogP contribution in [0.5, 0.6) is 0 Å². The Labute approximate surface area is 107 Å². The van der Waals surface area contributed by atoms with Crippen LogP contribution in [-0.4, -0.2) is 35.5 Å². The minimum Gasteiger partial charge on any atom is -0.383 e. The lowest BCUT2D eigenvalue weighted by Crippen LogP contribution is -2.28. The normalized spacial score (nSPS) is 18.5. The topological polar surface area (TPSA) is 54.2 Å². The van der Waals surface area contributed by atoms with Crippen LogP contribution < -0.4 is 11.1 Å². The summed E-state index contributed by atoms with van der Waals surface area (Å²) in [7, 11) is 0. The summed E-state index contributed by atoms with van der Waals surface area (Å²) < 4.78 is 4.14. The molecule has 0 spiro atoms. The number of aromatic nitrogens is 1. The molecule has 0 radical (unpaired) electrons. The molecule has 4 nitrogen and oxygen atoms in total. The number of anilines is 2. The molecule has 1 aliphatic heterocycles. The highest BCUT2D eigenvalue weighted by Gasteiger charge is 2.15. The molecule has 0 amide bonds. The fourth-order valence-corrected chi connectivity index (χ4v) is 2.97. The summed E-state index contributed by atoms with van der Waals surface area (Å²) in [4.78, 5) is 2.56. The van der Waals surface area contributed by atoms with Crippen LogP contribution in [0.25, 0.3) is 0 Å². The molecular formula is C12H22N4S. The lowest BCUT2D eigenvalue weighted by atomic mass is 10.1. The number of nitrogens with one attached hydrogen (secondary N) is 1. The van der Waals surface area contributed by atoms with Gasteiger partial charge in [0.05, 0.1) is 0 Å². The van der Waals surface area contributed by atoms with Crippen LogP contribution in [0.15, 0.2) is 0 Å². The zero-order chi connectivity index (χ0) is 12.3. The number of hydrogen-bond acceptors (Lipinski definition) is 5. The molecule has 1 unspecified atom stereocenters. The van der Waals surface area contributed by atoms with Gasteiger partial charge in [-0.1, -0.05) is 6.92 Å². The molecule has 1 atom stereocenters. The van der Waals surface area contributed by atoms with Gasteiger partial charge in [0, 0.05) is 18.7 Å². The third-order valence-electron chi connectivity index (χ3n) is 3.34. The molecule has 1 fully saturated rings. The van der Waals surface area contributed by atoms with Crippen LogP contribution in [0.3, 0.4) is 0 Å². The minimum atomic E-state index is 0.657. The summed E-state index contributed by atoms with van der Waals surface area (Å²) in [6, 6.07) is 0. The number of nitrogens with two attached hydrogens (primary N) is 1. The quantitative estimate of drug-likeness (QED) is 0.845. The van der Waals surface area contributed by atoms with Gasteiger partial charge < -0.3 is 16.0 Å². The van der Waals surface area contributed by atoms with E-state index in [0.717, 1.165) is 17.1 Å². The first-order valence-corrected chi connectivity index (χ1v) is 7.12. The average molecular weight is 254 g/mol. The standard InChI is InChI=1S/C12H22N4S/c1-9(8-16-5-3-4-6-16)7-14-12-10(2)11(13)15-17-12/h9,14H,3-8H2,1-2H3,(H2,13,15). The fourth-order valence-electron chi connectivity index (χ4n) is 2.25. The molecule has 1 aliphatic rings. The van der Waals surface area contributed by atoms with Crippen LogP contribution >= 0.6 is 11.5 Å². The first-order valence-electron chi connectivity index (χ1n) is 6.35. The van der Waals surface area contributed by atoms with E-state index in [0.29, 0.717) is 11.7 Å². The first-order chi connectivity index (χ1) is 8.16. The number of nitrogens with zero attached hydrogens (tertiary/aromatic N) is 2. The van der Waals surface area contributed by atoms with E-state index in [1.165, 1.54) is 44.0 Å². The molecule has 1 aromatic heterocycles. The van der Waals surface area contributed by atoms with Crippen molar-refractivity contribution in [3.63, 3.8) is 0 Å². The Morgan fingerprint density at radius 3 is 2.76 bits per heavy atom. The fraction of sp³-hybridized carbons (Fsp3) is 0.750. The van der Waals surface area contributed by atoms with Gasteiger partial charge in [0.1, 0.15) is 10.8 Å². The molecule has 1 aromatic rings. The van der Waals surface area contributed by atoms with Gasteiger partial charge in [-0.2, -0.15) is 4.37 Å². The highest BCUT2D eigenvalue weighted by Crippen LogP contribution is 2.25. The van der Waals surface area contributed by atoms with Gasteiger partial charge in [-0.25, -0.2) is 0 Å². The summed E-state index contributed by atoms with van der Waals surface area (Å²) >= 11 is 1.46. The Balaban J connectivity index is 1.75. The third kappa shape index (κ3) is 3.33. The summed E-state index contributed by atoms with van der Waals surface area (Å²) in [6.07, 6.45) is 2.73. The van der Waals surface area contributed by atoms with Crippen molar-refractivity contribution < 1.29 is 0 Å². The number of hydrogen-bond donors (Lipinski definition) is 2. The minimum absolute atomic E-state index is 0.657. The van der Waals surface area contributed by atoms with Crippen molar-refractivity contribution in [1.82, 2.24) is 9.27 Å². The van der Waals surface area contributed by atoms with Gasteiger partial charge in [0.15, 0.2) is 0 Å². The van der Waals surface area contributed by atoms with Crippen molar-refractivity contribution >= 4 is 22.4 Å². The van der Waals surface area contributed by atoms with E-state index in [1.807, 2.05) is 6.92 Å². The summed E-state index contributed by atoms with van der Waals surface area (Å²) in [5, 5.41) is 4.58. The van der Waals surface area contributed by atoms with E-state index in [9.17, 15) is 0 Å².